The molecule has 0 fully saturated rings. The first kappa shape index (κ1) is 29.6. The zero-order chi connectivity index (χ0) is 22.1. The molecule has 0 saturated heterocycles. The standard InChI is InChI=1S/4C5H11O2.Zr/c4*1-3-7-5(2)4-6;/h4*5H,3-4H2,1-2H3;/q4*-1;+4. The molecule has 0 rings (SSSR count). The van der Waals surface area contributed by atoms with E-state index >= 15 is 0 Å². The monoisotopic (exact) mass is 502 g/mol. The SMILES string of the molecule is CCOC(C)C[O][Zr]([O]CC(C)OCC)([O]CC(C)OCC)[O]CC(C)OCC. The van der Waals surface area contributed by atoms with E-state index in [2.05, 4.69) is 0 Å². The molecule has 0 spiro atoms. The Hall–Kier alpha value is 0.563. The van der Waals surface area contributed by atoms with E-state index in [0.29, 0.717) is 52.9 Å². The van der Waals surface area contributed by atoms with E-state index in [1.54, 1.807) is 0 Å². The predicted molar refractivity (Wildman–Crippen MR) is 108 cm³/mol. The van der Waals surface area contributed by atoms with Crippen LogP contribution >= 0.6 is 0 Å². The average Bonchev–Trinajstić information content (AvgIpc) is 2.68. The van der Waals surface area contributed by atoms with Crippen molar-refractivity contribution >= 4 is 0 Å². The van der Waals surface area contributed by atoms with E-state index in [-0.39, 0.29) is 24.4 Å². The molecular formula is C20H44O8Zr. The first-order valence-corrected chi connectivity index (χ1v) is 14.9. The maximum atomic E-state index is 6.18. The van der Waals surface area contributed by atoms with E-state index in [1.807, 2.05) is 55.4 Å². The zero-order valence-corrected chi connectivity index (χ0v) is 22.2. The normalized spacial score (nSPS) is 18.2. The minimum absolute atomic E-state index is 0.0928. The van der Waals surface area contributed by atoms with Gasteiger partial charge in [-0.05, 0) is 0 Å². The van der Waals surface area contributed by atoms with Gasteiger partial charge < -0.3 is 0 Å². The Labute approximate surface area is 184 Å². The van der Waals surface area contributed by atoms with E-state index in [9.17, 15) is 0 Å². The summed E-state index contributed by atoms with van der Waals surface area (Å²) in [6, 6.07) is 0. The third kappa shape index (κ3) is 15.1. The number of hydrogen-bond donors (Lipinski definition) is 0. The molecule has 0 aromatic carbocycles. The van der Waals surface area contributed by atoms with Crippen LogP contribution in [0.5, 0.6) is 0 Å². The second-order valence-corrected chi connectivity index (χ2v) is 12.1. The van der Waals surface area contributed by atoms with Crippen molar-refractivity contribution in [3.8, 4) is 0 Å². The van der Waals surface area contributed by atoms with Crippen molar-refractivity contribution in [2.45, 2.75) is 79.8 Å². The summed E-state index contributed by atoms with van der Waals surface area (Å²) in [5, 5.41) is 0. The molecule has 8 nitrogen and oxygen atoms in total. The molecule has 4 unspecified atom stereocenters. The summed E-state index contributed by atoms with van der Waals surface area (Å²) in [7, 11) is 0. The van der Waals surface area contributed by atoms with Crippen molar-refractivity contribution in [3.05, 3.63) is 0 Å². The van der Waals surface area contributed by atoms with Crippen LogP contribution in [0.1, 0.15) is 55.4 Å². The van der Waals surface area contributed by atoms with Gasteiger partial charge in [-0.2, -0.15) is 0 Å². The van der Waals surface area contributed by atoms with Crippen LogP contribution in [-0.4, -0.2) is 77.3 Å². The number of hydrogen-bond acceptors (Lipinski definition) is 8. The fourth-order valence-electron chi connectivity index (χ4n) is 2.46. The van der Waals surface area contributed by atoms with Gasteiger partial charge in [0, 0.05) is 0 Å². The minimum atomic E-state index is -4.39. The molecule has 0 aliphatic heterocycles. The molecule has 0 N–H and O–H groups in total. The second-order valence-electron chi connectivity index (χ2n) is 6.81. The van der Waals surface area contributed by atoms with Gasteiger partial charge in [-0.15, -0.1) is 0 Å². The van der Waals surface area contributed by atoms with Gasteiger partial charge >= 0.3 is 185 Å². The molecule has 0 aromatic rings. The first-order chi connectivity index (χ1) is 13.8. The fraction of sp³-hybridized carbons (Fsp3) is 1.00. The summed E-state index contributed by atoms with van der Waals surface area (Å²) in [4.78, 5) is 0. The quantitative estimate of drug-likeness (QED) is 0.250. The third-order valence-corrected chi connectivity index (χ3v) is 8.90. The van der Waals surface area contributed by atoms with Crippen LogP contribution in [0.3, 0.4) is 0 Å². The topological polar surface area (TPSA) is 73.8 Å². The van der Waals surface area contributed by atoms with E-state index in [1.165, 1.54) is 0 Å². The van der Waals surface area contributed by atoms with Crippen molar-refractivity contribution in [1.29, 1.82) is 0 Å². The second kappa shape index (κ2) is 18.2. The van der Waals surface area contributed by atoms with Crippen molar-refractivity contribution in [1.82, 2.24) is 0 Å². The Bertz CT molecular complexity index is 305. The van der Waals surface area contributed by atoms with Gasteiger partial charge in [0.25, 0.3) is 0 Å². The van der Waals surface area contributed by atoms with E-state index in [4.69, 9.17) is 30.2 Å². The summed E-state index contributed by atoms with van der Waals surface area (Å²) in [5.41, 5.74) is 0. The Morgan fingerprint density at radius 1 is 0.448 bits per heavy atom. The van der Waals surface area contributed by atoms with E-state index < -0.39 is 22.0 Å². The molecule has 0 amide bonds. The average molecular weight is 504 g/mol. The Morgan fingerprint density at radius 3 is 0.828 bits per heavy atom. The number of rotatable bonds is 20. The molecule has 0 radical (unpaired) electrons. The van der Waals surface area contributed by atoms with Crippen LogP contribution in [-0.2, 0) is 52.2 Å². The summed E-state index contributed by atoms with van der Waals surface area (Å²) >= 11 is -4.39. The van der Waals surface area contributed by atoms with Gasteiger partial charge in [-0.25, -0.2) is 0 Å². The molecule has 0 saturated carbocycles. The molecule has 0 aromatic heterocycles. The van der Waals surface area contributed by atoms with Crippen LogP contribution < -0.4 is 0 Å². The van der Waals surface area contributed by atoms with Crippen molar-refractivity contribution in [2.75, 3.05) is 52.9 Å². The summed E-state index contributed by atoms with van der Waals surface area (Å²) < 4.78 is 47.1. The van der Waals surface area contributed by atoms with Gasteiger partial charge in [-0.1, -0.05) is 0 Å². The van der Waals surface area contributed by atoms with Crippen LogP contribution in [0.25, 0.3) is 0 Å². The van der Waals surface area contributed by atoms with Crippen LogP contribution in [0.2, 0.25) is 0 Å². The Kier molecular flexibility index (Phi) is 18.5. The van der Waals surface area contributed by atoms with Crippen LogP contribution in [0, 0.1) is 0 Å². The van der Waals surface area contributed by atoms with Crippen molar-refractivity contribution < 1.29 is 52.2 Å². The summed E-state index contributed by atoms with van der Waals surface area (Å²) in [5.74, 6) is 0. The van der Waals surface area contributed by atoms with Crippen molar-refractivity contribution in [2.24, 2.45) is 0 Å². The van der Waals surface area contributed by atoms with Gasteiger partial charge in [-0.3, -0.25) is 0 Å². The number of ether oxygens (including phenoxy) is 4. The van der Waals surface area contributed by atoms with Crippen molar-refractivity contribution in [3.63, 3.8) is 0 Å². The van der Waals surface area contributed by atoms with Gasteiger partial charge in [0.2, 0.25) is 0 Å². The third-order valence-electron chi connectivity index (χ3n) is 3.78. The van der Waals surface area contributed by atoms with Gasteiger partial charge in [0.1, 0.15) is 0 Å². The zero-order valence-electron chi connectivity index (χ0n) is 19.7. The molecule has 0 heterocycles. The predicted octanol–water partition coefficient (Wildman–Crippen LogP) is 3.57. The molecule has 29 heavy (non-hydrogen) atoms. The van der Waals surface area contributed by atoms with Crippen LogP contribution in [0.15, 0.2) is 0 Å². The molecule has 4 atom stereocenters. The molecule has 9 heteroatoms. The van der Waals surface area contributed by atoms with Gasteiger partial charge in [0.15, 0.2) is 0 Å². The maximum absolute atomic E-state index is 6.18. The Morgan fingerprint density at radius 2 is 0.655 bits per heavy atom. The molecule has 0 aliphatic rings. The molecule has 176 valence electrons. The fourth-order valence-corrected chi connectivity index (χ4v) is 8.00. The molecule has 0 aliphatic carbocycles. The first-order valence-electron chi connectivity index (χ1n) is 10.8. The summed E-state index contributed by atoms with van der Waals surface area (Å²) in [6.45, 7) is 19.4. The van der Waals surface area contributed by atoms with E-state index in [0.717, 1.165) is 0 Å². The Balaban J connectivity index is 5.25. The van der Waals surface area contributed by atoms with Crippen LogP contribution in [0.4, 0.5) is 0 Å². The summed E-state index contributed by atoms with van der Waals surface area (Å²) in [6.07, 6.45) is -0.371. The molecule has 0 bridgehead atoms. The van der Waals surface area contributed by atoms with Gasteiger partial charge in [0.05, 0.1) is 0 Å². The molecular weight excluding hydrogens is 459 g/mol.